The van der Waals surface area contributed by atoms with Crippen molar-refractivity contribution in [3.05, 3.63) is 17.5 Å². The first-order chi connectivity index (χ1) is 9.23. The van der Waals surface area contributed by atoms with Gasteiger partial charge in [-0.3, -0.25) is 4.79 Å². The van der Waals surface area contributed by atoms with Gasteiger partial charge in [0, 0.05) is 19.3 Å². The van der Waals surface area contributed by atoms with Crippen molar-refractivity contribution in [2.75, 3.05) is 18.9 Å². The predicted octanol–water partition coefficient (Wildman–Crippen LogP) is 1.35. The first-order valence-electron chi connectivity index (χ1n) is 6.73. The van der Waals surface area contributed by atoms with Crippen LogP contribution in [-0.2, 0) is 0 Å². The topological polar surface area (TPSA) is 87.1 Å². The monoisotopic (exact) mass is 280 g/mol. The number of aliphatic hydroxyl groups is 1. The number of nitrogens with one attached hydrogen (secondary N) is 2. The molecule has 0 unspecified atom stereocenters. The van der Waals surface area contributed by atoms with Crippen molar-refractivity contribution in [1.82, 2.24) is 15.3 Å². The van der Waals surface area contributed by atoms with Crippen LogP contribution in [0.3, 0.4) is 0 Å². The Hall–Kier alpha value is -1.69. The molecule has 0 aliphatic rings. The van der Waals surface area contributed by atoms with E-state index in [1.54, 1.807) is 20.0 Å². The molecule has 6 heteroatoms. The molecule has 0 aromatic carbocycles. The zero-order valence-corrected chi connectivity index (χ0v) is 12.8. The molecule has 6 nitrogen and oxygen atoms in total. The second-order valence-electron chi connectivity index (χ2n) is 5.87. The van der Waals surface area contributed by atoms with Gasteiger partial charge in [0.05, 0.1) is 6.10 Å². The Labute approximate surface area is 120 Å². The highest BCUT2D eigenvalue weighted by Gasteiger charge is 2.22. The summed E-state index contributed by atoms with van der Waals surface area (Å²) in [6.45, 7) is 8.05. The number of aliphatic hydroxyl groups excluding tert-OH is 1. The predicted molar refractivity (Wildman–Crippen MR) is 78.7 cm³/mol. The average molecular weight is 280 g/mol. The van der Waals surface area contributed by atoms with E-state index >= 15 is 0 Å². The van der Waals surface area contributed by atoms with Crippen LogP contribution in [0.5, 0.6) is 0 Å². The van der Waals surface area contributed by atoms with Gasteiger partial charge < -0.3 is 15.7 Å². The zero-order valence-electron chi connectivity index (χ0n) is 12.8. The van der Waals surface area contributed by atoms with Gasteiger partial charge in [-0.2, -0.15) is 0 Å². The molecule has 1 heterocycles. The van der Waals surface area contributed by atoms with Gasteiger partial charge in [0.1, 0.15) is 5.69 Å². The normalized spacial score (nSPS) is 12.9. The molecule has 1 aromatic rings. The first-order valence-corrected chi connectivity index (χ1v) is 6.73. The molecule has 112 valence electrons. The van der Waals surface area contributed by atoms with Crippen LogP contribution >= 0.6 is 0 Å². The number of carbonyl (C=O) groups is 1. The number of hydrogen-bond donors (Lipinski definition) is 3. The minimum Gasteiger partial charge on any atom is -0.393 e. The van der Waals surface area contributed by atoms with Crippen molar-refractivity contribution in [1.29, 1.82) is 0 Å². The molecule has 1 aromatic heterocycles. The summed E-state index contributed by atoms with van der Waals surface area (Å²) < 4.78 is 0. The van der Waals surface area contributed by atoms with Crippen molar-refractivity contribution in [3.8, 4) is 0 Å². The summed E-state index contributed by atoms with van der Waals surface area (Å²) in [4.78, 5) is 20.4. The van der Waals surface area contributed by atoms with Gasteiger partial charge in [-0.05, 0) is 31.7 Å². The highest BCUT2D eigenvalue weighted by Crippen LogP contribution is 2.21. The summed E-state index contributed by atoms with van der Waals surface area (Å²) in [6.07, 6.45) is 0.233. The molecule has 1 atom stereocenters. The lowest BCUT2D eigenvalue weighted by Gasteiger charge is -2.26. The van der Waals surface area contributed by atoms with E-state index in [0.29, 0.717) is 24.6 Å². The lowest BCUT2D eigenvalue weighted by atomic mass is 9.87. The van der Waals surface area contributed by atoms with Crippen LogP contribution in [0.25, 0.3) is 0 Å². The number of rotatable bonds is 6. The van der Waals surface area contributed by atoms with E-state index in [0.717, 1.165) is 5.69 Å². The number of nitrogens with zero attached hydrogens (tertiary/aromatic N) is 2. The Balaban J connectivity index is 2.70. The molecule has 3 N–H and O–H groups in total. The zero-order chi connectivity index (χ0) is 15.3. The molecular weight excluding hydrogens is 256 g/mol. The van der Waals surface area contributed by atoms with E-state index in [-0.39, 0.29) is 17.4 Å². The molecule has 0 radical (unpaired) electrons. The summed E-state index contributed by atoms with van der Waals surface area (Å²) in [6, 6.07) is 1.65. The van der Waals surface area contributed by atoms with Gasteiger partial charge in [-0.25, -0.2) is 9.97 Å². The lowest BCUT2D eigenvalue weighted by Crippen LogP contribution is -2.36. The van der Waals surface area contributed by atoms with Gasteiger partial charge in [-0.15, -0.1) is 0 Å². The Morgan fingerprint density at radius 1 is 1.45 bits per heavy atom. The van der Waals surface area contributed by atoms with Gasteiger partial charge >= 0.3 is 0 Å². The molecular formula is C14H24N4O2. The maximum atomic E-state index is 12.1. The second-order valence-corrected chi connectivity index (χ2v) is 5.87. The van der Waals surface area contributed by atoms with Crippen LogP contribution in [0.4, 0.5) is 5.95 Å². The Morgan fingerprint density at radius 3 is 2.65 bits per heavy atom. The molecule has 0 aliphatic carbocycles. The van der Waals surface area contributed by atoms with Crippen LogP contribution in [0.2, 0.25) is 0 Å². The molecule has 0 saturated heterocycles. The molecule has 0 bridgehead atoms. The Kier molecular flexibility index (Phi) is 5.44. The summed E-state index contributed by atoms with van der Waals surface area (Å²) in [5, 5.41) is 15.1. The van der Waals surface area contributed by atoms with Gasteiger partial charge in [0.2, 0.25) is 5.95 Å². The first kappa shape index (κ1) is 16.4. The van der Waals surface area contributed by atoms with E-state index < -0.39 is 0 Å². The second kappa shape index (κ2) is 6.65. The van der Waals surface area contributed by atoms with E-state index in [9.17, 15) is 9.90 Å². The number of aryl methyl sites for hydroxylation is 1. The van der Waals surface area contributed by atoms with E-state index in [2.05, 4.69) is 20.6 Å². The number of amides is 1. The smallest absolute Gasteiger partial charge is 0.270 e. The maximum absolute atomic E-state index is 12.1. The summed E-state index contributed by atoms with van der Waals surface area (Å²) >= 11 is 0. The lowest BCUT2D eigenvalue weighted by molar-refractivity contribution is 0.0897. The summed E-state index contributed by atoms with van der Waals surface area (Å²) in [5.74, 6) is 0.198. The van der Waals surface area contributed by atoms with Crippen molar-refractivity contribution in [2.24, 2.45) is 5.41 Å². The number of hydrogen-bond acceptors (Lipinski definition) is 5. The molecule has 0 fully saturated rings. The van der Waals surface area contributed by atoms with Crippen LogP contribution in [0.15, 0.2) is 6.07 Å². The third-order valence-electron chi connectivity index (χ3n) is 2.89. The van der Waals surface area contributed by atoms with E-state index in [4.69, 9.17) is 0 Å². The molecule has 0 aliphatic heterocycles. The standard InChI is InChI=1S/C14H24N4O2/c1-9-6-11(18-13(15-5)17-9)12(20)16-8-14(3,4)7-10(2)19/h6,10,19H,7-8H2,1-5H3,(H,16,20)(H,15,17,18)/t10-/m0/s1. The minimum atomic E-state index is -0.390. The fourth-order valence-corrected chi connectivity index (χ4v) is 2.08. The maximum Gasteiger partial charge on any atom is 0.270 e. The van der Waals surface area contributed by atoms with Gasteiger partial charge in [0.25, 0.3) is 5.91 Å². The Morgan fingerprint density at radius 2 is 2.10 bits per heavy atom. The molecule has 20 heavy (non-hydrogen) atoms. The minimum absolute atomic E-state index is 0.169. The summed E-state index contributed by atoms with van der Waals surface area (Å²) in [5.41, 5.74) is 0.907. The van der Waals surface area contributed by atoms with Gasteiger partial charge in [0.15, 0.2) is 0 Å². The number of aromatic nitrogens is 2. The highest BCUT2D eigenvalue weighted by atomic mass is 16.3. The largest absolute Gasteiger partial charge is 0.393 e. The fourth-order valence-electron chi connectivity index (χ4n) is 2.08. The van der Waals surface area contributed by atoms with Crippen molar-refractivity contribution in [3.63, 3.8) is 0 Å². The quantitative estimate of drug-likeness (QED) is 0.732. The third kappa shape index (κ3) is 5.13. The SMILES string of the molecule is CNc1nc(C)cc(C(=O)NCC(C)(C)C[C@H](C)O)n1. The van der Waals surface area contributed by atoms with E-state index in [1.807, 2.05) is 20.8 Å². The molecule has 0 saturated carbocycles. The van der Waals surface area contributed by atoms with E-state index in [1.165, 1.54) is 0 Å². The van der Waals surface area contributed by atoms with Crippen LogP contribution in [-0.4, -0.2) is 40.7 Å². The van der Waals surface area contributed by atoms with Crippen LogP contribution in [0.1, 0.15) is 43.4 Å². The number of carbonyl (C=O) groups excluding carboxylic acids is 1. The highest BCUT2D eigenvalue weighted by molar-refractivity contribution is 5.92. The molecule has 1 amide bonds. The van der Waals surface area contributed by atoms with Crippen LogP contribution in [0, 0.1) is 12.3 Å². The average Bonchev–Trinajstić information content (AvgIpc) is 2.33. The van der Waals surface area contributed by atoms with Crippen molar-refractivity contribution >= 4 is 11.9 Å². The summed E-state index contributed by atoms with van der Waals surface area (Å²) in [7, 11) is 1.71. The van der Waals surface area contributed by atoms with Crippen molar-refractivity contribution < 1.29 is 9.90 Å². The number of anilines is 1. The fraction of sp³-hybridized carbons (Fsp3) is 0.643. The Bertz CT molecular complexity index is 472. The third-order valence-corrected chi connectivity index (χ3v) is 2.89. The molecule has 1 rings (SSSR count). The molecule has 0 spiro atoms. The van der Waals surface area contributed by atoms with Crippen LogP contribution < -0.4 is 10.6 Å². The van der Waals surface area contributed by atoms with Crippen molar-refractivity contribution in [2.45, 2.75) is 40.2 Å². The van der Waals surface area contributed by atoms with Gasteiger partial charge in [-0.1, -0.05) is 13.8 Å².